The Balaban J connectivity index is 1.47. The van der Waals surface area contributed by atoms with Crippen LogP contribution in [0.25, 0.3) is 11.2 Å². The number of nitrogens with one attached hydrogen (secondary N) is 3. The predicted octanol–water partition coefficient (Wildman–Crippen LogP) is 2.89. The molecule has 1 fully saturated rings. The fourth-order valence-corrected chi connectivity index (χ4v) is 3.92. The minimum atomic E-state index is 0.00147. The van der Waals surface area contributed by atoms with Crippen molar-refractivity contribution in [3.8, 4) is 0 Å². The Morgan fingerprint density at radius 3 is 2.77 bits per heavy atom. The summed E-state index contributed by atoms with van der Waals surface area (Å²) < 4.78 is 2.05. The van der Waals surface area contributed by atoms with Crippen LogP contribution in [-0.2, 0) is 0 Å². The number of ketones is 1. The van der Waals surface area contributed by atoms with E-state index in [9.17, 15) is 4.79 Å². The molecule has 1 saturated carbocycles. The van der Waals surface area contributed by atoms with Gasteiger partial charge >= 0.3 is 0 Å². The maximum absolute atomic E-state index is 12.1. The van der Waals surface area contributed by atoms with Gasteiger partial charge in [0.1, 0.15) is 0 Å². The highest BCUT2D eigenvalue weighted by Gasteiger charge is 2.21. The molecule has 0 aliphatic heterocycles. The van der Waals surface area contributed by atoms with E-state index in [1.807, 2.05) is 4.57 Å². The van der Waals surface area contributed by atoms with E-state index in [1.54, 1.807) is 18.7 Å². The molecule has 0 saturated heterocycles. The fourth-order valence-electron chi connectivity index (χ4n) is 3.92. The highest BCUT2D eigenvalue weighted by atomic mass is 16.1. The summed E-state index contributed by atoms with van der Waals surface area (Å²) >= 11 is 0. The van der Waals surface area contributed by atoms with E-state index in [0.29, 0.717) is 49.1 Å². The first-order valence-electron chi connectivity index (χ1n) is 11.0. The smallest absolute Gasteiger partial charge is 0.227 e. The van der Waals surface area contributed by atoms with Crippen LogP contribution in [0.5, 0.6) is 0 Å². The molecule has 0 aromatic carbocycles. The normalized spacial score (nSPS) is 19.1. The van der Waals surface area contributed by atoms with Gasteiger partial charge in [-0.25, -0.2) is 9.97 Å². The number of carbonyl (C=O) groups excluding carboxylic acids is 1. The molecule has 0 radical (unpaired) electrons. The van der Waals surface area contributed by atoms with Crippen LogP contribution in [0.3, 0.4) is 0 Å². The predicted molar refractivity (Wildman–Crippen MR) is 120 cm³/mol. The average Bonchev–Trinajstić information content (AvgIpc) is 3.43. The van der Waals surface area contributed by atoms with Gasteiger partial charge in [-0.3, -0.25) is 4.79 Å². The number of imidazole rings is 2. The Kier molecular flexibility index (Phi) is 6.45. The maximum atomic E-state index is 12.1. The molecule has 5 N–H and O–H groups in total. The summed E-state index contributed by atoms with van der Waals surface area (Å²) in [6, 6.07) is 0.857. The van der Waals surface area contributed by atoms with Crippen molar-refractivity contribution in [3.05, 3.63) is 24.5 Å². The minimum absolute atomic E-state index is 0.00147. The second kappa shape index (κ2) is 9.42. The van der Waals surface area contributed by atoms with Crippen molar-refractivity contribution in [1.82, 2.24) is 29.5 Å². The van der Waals surface area contributed by atoms with Crippen LogP contribution in [0.1, 0.15) is 69.0 Å². The third-order valence-electron chi connectivity index (χ3n) is 5.72. The summed E-state index contributed by atoms with van der Waals surface area (Å²) in [6.45, 7) is 4.81. The molecule has 3 heterocycles. The molecule has 1 aliphatic carbocycles. The summed E-state index contributed by atoms with van der Waals surface area (Å²) in [5.41, 5.74) is 7.58. The SMILES string of the molecule is CC(C)n1cnc2c(NCCCC(=O)c3ncc[nH]3)nc(NC3CCC(N)CC3)nc21. The highest BCUT2D eigenvalue weighted by Crippen LogP contribution is 2.25. The summed E-state index contributed by atoms with van der Waals surface area (Å²) in [6.07, 6.45) is 10.2. The van der Waals surface area contributed by atoms with Gasteiger partial charge in [0, 0.05) is 43.5 Å². The Labute approximate surface area is 181 Å². The van der Waals surface area contributed by atoms with E-state index in [-0.39, 0.29) is 11.8 Å². The van der Waals surface area contributed by atoms with Gasteiger partial charge in [0.2, 0.25) is 5.95 Å². The number of hydrogen-bond donors (Lipinski definition) is 4. The number of fused-ring (bicyclic) bond motifs is 1. The number of rotatable bonds is 9. The number of nitrogens with zero attached hydrogens (tertiary/aromatic N) is 5. The van der Waals surface area contributed by atoms with Crippen molar-refractivity contribution in [3.63, 3.8) is 0 Å². The van der Waals surface area contributed by atoms with Gasteiger partial charge in [-0.05, 0) is 46.0 Å². The van der Waals surface area contributed by atoms with Crippen LogP contribution < -0.4 is 16.4 Å². The zero-order valence-corrected chi connectivity index (χ0v) is 18.1. The molecule has 10 heteroatoms. The summed E-state index contributed by atoms with van der Waals surface area (Å²) in [7, 11) is 0. The lowest BCUT2D eigenvalue weighted by Crippen LogP contribution is -2.33. The zero-order valence-electron chi connectivity index (χ0n) is 18.1. The van der Waals surface area contributed by atoms with Crippen LogP contribution >= 0.6 is 0 Å². The quantitative estimate of drug-likeness (QED) is 0.303. The van der Waals surface area contributed by atoms with E-state index < -0.39 is 0 Å². The van der Waals surface area contributed by atoms with E-state index in [2.05, 4.69) is 39.4 Å². The van der Waals surface area contributed by atoms with Crippen molar-refractivity contribution < 1.29 is 4.79 Å². The molecule has 10 nitrogen and oxygen atoms in total. The lowest BCUT2D eigenvalue weighted by Gasteiger charge is -2.27. The van der Waals surface area contributed by atoms with E-state index in [0.717, 1.165) is 36.8 Å². The van der Waals surface area contributed by atoms with Crippen molar-refractivity contribution >= 4 is 28.7 Å². The molecular weight excluding hydrogens is 394 g/mol. The average molecular weight is 426 g/mol. The number of anilines is 2. The van der Waals surface area contributed by atoms with E-state index in [1.165, 1.54) is 0 Å². The standard InChI is InChI=1S/C21H31N9O/c1-13(2)30-12-26-17-19(23-9-3-4-16(31)18-24-10-11-25-18)28-21(29-20(17)30)27-15-7-5-14(22)6-8-15/h10-15H,3-9,22H2,1-2H3,(H,24,25)(H2,23,27,28,29). The number of hydrogen-bond acceptors (Lipinski definition) is 8. The Morgan fingerprint density at radius 2 is 2.06 bits per heavy atom. The van der Waals surface area contributed by atoms with Gasteiger partial charge in [0.25, 0.3) is 0 Å². The van der Waals surface area contributed by atoms with Gasteiger partial charge in [-0.15, -0.1) is 0 Å². The number of nitrogens with two attached hydrogens (primary N) is 1. The Morgan fingerprint density at radius 1 is 1.26 bits per heavy atom. The van der Waals surface area contributed by atoms with Gasteiger partial charge in [0.05, 0.1) is 6.33 Å². The Hall–Kier alpha value is -3.01. The molecule has 166 valence electrons. The molecule has 0 unspecified atom stereocenters. The minimum Gasteiger partial charge on any atom is -0.368 e. The van der Waals surface area contributed by atoms with Crippen LogP contribution in [0, 0.1) is 0 Å². The number of Topliss-reactive ketones (excluding diaryl/α,β-unsaturated/α-hetero) is 1. The van der Waals surface area contributed by atoms with Gasteiger partial charge in [0.15, 0.2) is 28.6 Å². The molecular formula is C21H31N9O. The molecule has 0 atom stereocenters. The molecule has 4 rings (SSSR count). The first-order chi connectivity index (χ1) is 15.0. The second-order valence-electron chi connectivity index (χ2n) is 8.46. The number of carbonyl (C=O) groups is 1. The van der Waals surface area contributed by atoms with Crippen LogP contribution in [0.2, 0.25) is 0 Å². The Bertz CT molecular complexity index is 1000. The first kappa shape index (κ1) is 21.2. The molecule has 31 heavy (non-hydrogen) atoms. The topological polar surface area (TPSA) is 139 Å². The molecule has 3 aromatic rings. The molecule has 3 aromatic heterocycles. The number of aromatic nitrogens is 6. The third-order valence-corrected chi connectivity index (χ3v) is 5.72. The van der Waals surface area contributed by atoms with Crippen molar-refractivity contribution in [2.75, 3.05) is 17.2 Å². The van der Waals surface area contributed by atoms with Crippen molar-refractivity contribution in [2.45, 2.75) is 70.5 Å². The molecule has 1 aliphatic rings. The van der Waals surface area contributed by atoms with Crippen molar-refractivity contribution in [2.24, 2.45) is 5.73 Å². The number of aromatic amines is 1. The zero-order chi connectivity index (χ0) is 21.8. The van der Waals surface area contributed by atoms with Crippen molar-refractivity contribution in [1.29, 1.82) is 0 Å². The summed E-state index contributed by atoms with van der Waals surface area (Å²) in [4.78, 5) is 33.0. The van der Waals surface area contributed by atoms with Crippen LogP contribution in [0.15, 0.2) is 18.7 Å². The lowest BCUT2D eigenvalue weighted by molar-refractivity contribution is 0.0972. The van der Waals surface area contributed by atoms with Gasteiger partial charge in [-0.2, -0.15) is 9.97 Å². The largest absolute Gasteiger partial charge is 0.368 e. The summed E-state index contributed by atoms with van der Waals surface area (Å²) in [5, 5.41) is 6.85. The maximum Gasteiger partial charge on any atom is 0.227 e. The second-order valence-corrected chi connectivity index (χ2v) is 8.46. The van der Waals surface area contributed by atoms with Crippen LogP contribution in [-0.4, -0.2) is 53.9 Å². The lowest BCUT2D eigenvalue weighted by atomic mass is 9.92. The molecule has 0 bridgehead atoms. The number of H-pyrrole nitrogens is 1. The third kappa shape index (κ3) is 5.01. The summed E-state index contributed by atoms with van der Waals surface area (Å²) in [5.74, 6) is 1.69. The molecule has 0 amide bonds. The molecule has 0 spiro atoms. The van der Waals surface area contributed by atoms with E-state index >= 15 is 0 Å². The van der Waals surface area contributed by atoms with Gasteiger partial charge in [-0.1, -0.05) is 0 Å². The van der Waals surface area contributed by atoms with E-state index in [4.69, 9.17) is 15.7 Å². The monoisotopic (exact) mass is 425 g/mol. The van der Waals surface area contributed by atoms with Gasteiger partial charge < -0.3 is 25.9 Å². The fraction of sp³-hybridized carbons (Fsp3) is 0.571. The first-order valence-corrected chi connectivity index (χ1v) is 11.0. The van der Waals surface area contributed by atoms with Crippen LogP contribution in [0.4, 0.5) is 11.8 Å². The highest BCUT2D eigenvalue weighted by molar-refractivity contribution is 5.92.